The summed E-state index contributed by atoms with van der Waals surface area (Å²) >= 11 is 9.94. The molecule has 1 unspecified atom stereocenters. The zero-order valence-electron chi connectivity index (χ0n) is 9.21. The SMILES string of the molecule is CC(N)c1nc(CS)nn1-c1ccc(Cl)cn1. The molecule has 5 nitrogen and oxygen atoms in total. The van der Waals surface area contributed by atoms with Gasteiger partial charge < -0.3 is 5.73 Å². The van der Waals surface area contributed by atoms with Gasteiger partial charge in [-0.3, -0.25) is 0 Å². The number of rotatable bonds is 3. The minimum absolute atomic E-state index is 0.228. The van der Waals surface area contributed by atoms with E-state index in [9.17, 15) is 0 Å². The fraction of sp³-hybridized carbons (Fsp3) is 0.300. The second-order valence-corrected chi connectivity index (χ2v) is 4.33. The maximum Gasteiger partial charge on any atom is 0.161 e. The molecule has 0 saturated heterocycles. The molecule has 0 saturated carbocycles. The first-order valence-corrected chi connectivity index (χ1v) is 6.07. The molecule has 17 heavy (non-hydrogen) atoms. The van der Waals surface area contributed by atoms with Gasteiger partial charge in [-0.25, -0.2) is 9.97 Å². The van der Waals surface area contributed by atoms with Gasteiger partial charge in [-0.05, 0) is 19.1 Å². The van der Waals surface area contributed by atoms with E-state index in [1.807, 2.05) is 6.92 Å². The van der Waals surface area contributed by atoms with Crippen molar-refractivity contribution in [3.8, 4) is 5.82 Å². The van der Waals surface area contributed by atoms with E-state index < -0.39 is 0 Å². The molecule has 0 aliphatic heterocycles. The first-order chi connectivity index (χ1) is 8.11. The Hall–Kier alpha value is -1.11. The van der Waals surface area contributed by atoms with Gasteiger partial charge in [-0.15, -0.1) is 5.10 Å². The summed E-state index contributed by atoms with van der Waals surface area (Å²) in [6.45, 7) is 1.85. The van der Waals surface area contributed by atoms with Crippen molar-refractivity contribution < 1.29 is 0 Å². The Labute approximate surface area is 109 Å². The van der Waals surface area contributed by atoms with Crippen LogP contribution in [-0.2, 0) is 5.75 Å². The third-order valence-corrected chi connectivity index (χ3v) is 2.66. The van der Waals surface area contributed by atoms with Crippen molar-refractivity contribution in [2.45, 2.75) is 18.7 Å². The average Bonchev–Trinajstić information content (AvgIpc) is 2.74. The highest BCUT2D eigenvalue weighted by Crippen LogP contribution is 2.15. The Balaban J connectivity index is 2.49. The maximum atomic E-state index is 5.85. The van der Waals surface area contributed by atoms with Crippen LogP contribution in [0.25, 0.3) is 5.82 Å². The average molecular weight is 270 g/mol. The fourth-order valence-electron chi connectivity index (χ4n) is 1.39. The molecule has 90 valence electrons. The molecule has 2 heterocycles. The van der Waals surface area contributed by atoms with Crippen LogP contribution in [0.15, 0.2) is 18.3 Å². The monoisotopic (exact) mass is 269 g/mol. The quantitative estimate of drug-likeness (QED) is 0.833. The summed E-state index contributed by atoms with van der Waals surface area (Å²) in [6, 6.07) is 3.29. The van der Waals surface area contributed by atoms with E-state index in [-0.39, 0.29) is 6.04 Å². The molecule has 7 heteroatoms. The first-order valence-electron chi connectivity index (χ1n) is 5.06. The fourth-order valence-corrected chi connectivity index (χ4v) is 1.64. The molecule has 2 N–H and O–H groups in total. The smallest absolute Gasteiger partial charge is 0.161 e. The minimum atomic E-state index is -0.228. The van der Waals surface area contributed by atoms with E-state index in [2.05, 4.69) is 27.7 Å². The van der Waals surface area contributed by atoms with Crippen LogP contribution in [0.1, 0.15) is 24.6 Å². The van der Waals surface area contributed by atoms with E-state index in [0.29, 0.717) is 28.2 Å². The van der Waals surface area contributed by atoms with E-state index in [1.165, 1.54) is 0 Å². The van der Waals surface area contributed by atoms with Crippen molar-refractivity contribution in [3.63, 3.8) is 0 Å². The Morgan fingerprint density at radius 3 is 2.82 bits per heavy atom. The predicted molar refractivity (Wildman–Crippen MR) is 69.5 cm³/mol. The van der Waals surface area contributed by atoms with Gasteiger partial charge >= 0.3 is 0 Å². The van der Waals surface area contributed by atoms with E-state index in [4.69, 9.17) is 17.3 Å². The lowest BCUT2D eigenvalue weighted by atomic mass is 10.3. The number of halogens is 1. The zero-order chi connectivity index (χ0) is 12.4. The zero-order valence-corrected chi connectivity index (χ0v) is 10.9. The summed E-state index contributed by atoms with van der Waals surface area (Å²) in [6.07, 6.45) is 1.56. The number of thiol groups is 1. The number of hydrogen-bond donors (Lipinski definition) is 2. The van der Waals surface area contributed by atoms with Crippen LogP contribution in [0.2, 0.25) is 5.02 Å². The molecule has 0 aliphatic carbocycles. The number of nitrogens with zero attached hydrogens (tertiary/aromatic N) is 4. The van der Waals surface area contributed by atoms with Crippen molar-refractivity contribution in [2.75, 3.05) is 0 Å². The Morgan fingerprint density at radius 1 is 1.53 bits per heavy atom. The van der Waals surface area contributed by atoms with Crippen molar-refractivity contribution in [1.29, 1.82) is 0 Å². The molecule has 0 bridgehead atoms. The standard InChI is InChI=1S/C10H12ClN5S/c1-6(12)10-14-8(5-17)15-16(10)9-3-2-7(11)4-13-9/h2-4,6,17H,5,12H2,1H3. The van der Waals surface area contributed by atoms with Crippen LogP contribution >= 0.6 is 24.2 Å². The summed E-state index contributed by atoms with van der Waals surface area (Å²) in [5, 5.41) is 4.87. The number of pyridine rings is 1. The molecule has 0 amide bonds. The third-order valence-electron chi connectivity index (χ3n) is 2.15. The summed E-state index contributed by atoms with van der Waals surface area (Å²) in [5.41, 5.74) is 5.85. The highest BCUT2D eigenvalue weighted by molar-refractivity contribution is 7.79. The molecular weight excluding hydrogens is 258 g/mol. The second kappa shape index (κ2) is 5.03. The van der Waals surface area contributed by atoms with E-state index in [1.54, 1.807) is 23.0 Å². The molecule has 0 spiro atoms. The van der Waals surface area contributed by atoms with Crippen LogP contribution in [0, 0.1) is 0 Å². The lowest BCUT2D eigenvalue weighted by Crippen LogP contribution is -2.14. The highest BCUT2D eigenvalue weighted by Gasteiger charge is 2.14. The third kappa shape index (κ3) is 2.59. The molecule has 0 fully saturated rings. The van der Waals surface area contributed by atoms with Gasteiger partial charge in [0, 0.05) is 6.20 Å². The Kier molecular flexibility index (Phi) is 3.66. The molecule has 2 aromatic rings. The lowest BCUT2D eigenvalue weighted by molar-refractivity contribution is 0.680. The number of nitrogens with two attached hydrogens (primary N) is 1. The van der Waals surface area contributed by atoms with Crippen molar-refractivity contribution in [2.24, 2.45) is 5.73 Å². The molecule has 0 aromatic carbocycles. The van der Waals surface area contributed by atoms with E-state index in [0.717, 1.165) is 0 Å². The van der Waals surface area contributed by atoms with Gasteiger partial charge in [0.25, 0.3) is 0 Å². The maximum absolute atomic E-state index is 5.85. The van der Waals surface area contributed by atoms with Crippen LogP contribution in [0.3, 0.4) is 0 Å². The largest absolute Gasteiger partial charge is 0.322 e. The predicted octanol–water partition coefficient (Wildman–Crippen LogP) is 1.77. The topological polar surface area (TPSA) is 69.6 Å². The van der Waals surface area contributed by atoms with Crippen molar-refractivity contribution in [1.82, 2.24) is 19.7 Å². The first kappa shape index (κ1) is 12.3. The molecule has 0 radical (unpaired) electrons. The van der Waals surface area contributed by atoms with Crippen molar-refractivity contribution in [3.05, 3.63) is 35.0 Å². The van der Waals surface area contributed by atoms with Gasteiger partial charge in [-0.1, -0.05) is 11.6 Å². The lowest BCUT2D eigenvalue weighted by Gasteiger charge is -2.06. The summed E-state index contributed by atoms with van der Waals surface area (Å²) < 4.78 is 1.62. The number of aromatic nitrogens is 4. The number of hydrogen-bond acceptors (Lipinski definition) is 5. The minimum Gasteiger partial charge on any atom is -0.322 e. The van der Waals surface area contributed by atoms with Gasteiger partial charge in [0.1, 0.15) is 0 Å². The molecular formula is C10H12ClN5S. The van der Waals surface area contributed by atoms with Gasteiger partial charge in [0.2, 0.25) is 0 Å². The van der Waals surface area contributed by atoms with Crippen molar-refractivity contribution >= 4 is 24.2 Å². The molecule has 2 rings (SSSR count). The van der Waals surface area contributed by atoms with Crippen LogP contribution in [0.5, 0.6) is 0 Å². The second-order valence-electron chi connectivity index (χ2n) is 3.58. The van der Waals surface area contributed by atoms with Gasteiger partial charge in [0.15, 0.2) is 17.5 Å². The summed E-state index contributed by atoms with van der Waals surface area (Å²) in [4.78, 5) is 8.49. The molecule has 0 aliphatic rings. The highest BCUT2D eigenvalue weighted by atomic mass is 35.5. The van der Waals surface area contributed by atoms with Crippen LogP contribution < -0.4 is 5.73 Å². The Morgan fingerprint density at radius 2 is 2.29 bits per heavy atom. The molecule has 1 atom stereocenters. The van der Waals surface area contributed by atoms with Gasteiger partial charge in [-0.2, -0.15) is 17.3 Å². The van der Waals surface area contributed by atoms with Crippen LogP contribution in [0.4, 0.5) is 0 Å². The Bertz CT molecular complexity index is 508. The van der Waals surface area contributed by atoms with Crippen LogP contribution in [-0.4, -0.2) is 19.7 Å². The summed E-state index contributed by atoms with van der Waals surface area (Å²) in [5.74, 6) is 2.38. The van der Waals surface area contributed by atoms with Gasteiger partial charge in [0.05, 0.1) is 16.8 Å². The van der Waals surface area contributed by atoms with E-state index >= 15 is 0 Å². The molecule has 2 aromatic heterocycles. The summed E-state index contributed by atoms with van der Waals surface area (Å²) in [7, 11) is 0. The normalized spacial score (nSPS) is 12.7.